The number of nitrogens with zero attached hydrogens (tertiary/aromatic N) is 2. The second kappa shape index (κ2) is 5.99. The summed E-state index contributed by atoms with van der Waals surface area (Å²) in [5.74, 6) is -0.0613. The van der Waals surface area contributed by atoms with E-state index in [0.717, 1.165) is 39.0 Å². The fourth-order valence-electron chi connectivity index (χ4n) is 2.98. The summed E-state index contributed by atoms with van der Waals surface area (Å²) in [5.41, 5.74) is 0. The third kappa shape index (κ3) is 3.02. The molecule has 5 nitrogen and oxygen atoms in total. The van der Waals surface area contributed by atoms with E-state index >= 15 is 0 Å². The molecule has 18 heavy (non-hydrogen) atoms. The Kier molecular flexibility index (Phi) is 4.59. The SMILES string of the molecule is CCC1CN(C2CCOC2=O)CCN1CC(C)O. The molecular formula is C13H24N2O3. The van der Waals surface area contributed by atoms with Crippen LogP contribution in [0.3, 0.4) is 0 Å². The van der Waals surface area contributed by atoms with Crippen molar-refractivity contribution in [2.24, 2.45) is 0 Å². The van der Waals surface area contributed by atoms with Crippen LogP contribution < -0.4 is 0 Å². The Balaban J connectivity index is 1.93. The zero-order valence-electron chi connectivity index (χ0n) is 11.3. The molecule has 2 heterocycles. The molecule has 0 aromatic heterocycles. The van der Waals surface area contributed by atoms with Gasteiger partial charge in [-0.1, -0.05) is 6.92 Å². The highest BCUT2D eigenvalue weighted by Crippen LogP contribution is 2.20. The van der Waals surface area contributed by atoms with Gasteiger partial charge in [0.25, 0.3) is 0 Å². The molecule has 2 rings (SSSR count). The van der Waals surface area contributed by atoms with Crippen LogP contribution in [0.25, 0.3) is 0 Å². The van der Waals surface area contributed by atoms with E-state index in [-0.39, 0.29) is 18.1 Å². The van der Waals surface area contributed by atoms with Crippen LogP contribution in [0.15, 0.2) is 0 Å². The molecule has 2 fully saturated rings. The molecule has 3 atom stereocenters. The molecule has 104 valence electrons. The lowest BCUT2D eigenvalue weighted by Gasteiger charge is -2.43. The van der Waals surface area contributed by atoms with Crippen molar-refractivity contribution in [2.75, 3.05) is 32.8 Å². The highest BCUT2D eigenvalue weighted by atomic mass is 16.5. The first-order valence-corrected chi connectivity index (χ1v) is 6.94. The van der Waals surface area contributed by atoms with Crippen molar-refractivity contribution < 1.29 is 14.6 Å². The van der Waals surface area contributed by atoms with E-state index < -0.39 is 0 Å². The molecule has 1 N–H and O–H groups in total. The van der Waals surface area contributed by atoms with Crippen molar-refractivity contribution in [1.29, 1.82) is 0 Å². The van der Waals surface area contributed by atoms with Gasteiger partial charge in [-0.15, -0.1) is 0 Å². The Labute approximate surface area is 109 Å². The van der Waals surface area contributed by atoms with Crippen molar-refractivity contribution in [3.05, 3.63) is 0 Å². The number of rotatable bonds is 4. The number of carbonyl (C=O) groups is 1. The van der Waals surface area contributed by atoms with Crippen LogP contribution in [0.1, 0.15) is 26.7 Å². The minimum absolute atomic E-state index is 0.0345. The molecule has 0 amide bonds. The van der Waals surface area contributed by atoms with Crippen LogP contribution in [0.2, 0.25) is 0 Å². The second-order valence-electron chi connectivity index (χ2n) is 5.37. The van der Waals surface area contributed by atoms with E-state index in [4.69, 9.17) is 4.74 Å². The lowest BCUT2D eigenvalue weighted by atomic mass is 10.1. The first kappa shape index (κ1) is 13.8. The smallest absolute Gasteiger partial charge is 0.323 e. The molecule has 2 aliphatic heterocycles. The maximum Gasteiger partial charge on any atom is 0.323 e. The number of piperazine rings is 1. The summed E-state index contributed by atoms with van der Waals surface area (Å²) < 4.78 is 5.04. The minimum atomic E-state index is -0.290. The molecule has 0 aromatic rings. The van der Waals surface area contributed by atoms with Gasteiger partial charge in [0, 0.05) is 38.6 Å². The number of aliphatic hydroxyl groups excluding tert-OH is 1. The van der Waals surface area contributed by atoms with Gasteiger partial charge in [0.1, 0.15) is 6.04 Å². The normalized spacial score (nSPS) is 32.5. The molecule has 5 heteroatoms. The van der Waals surface area contributed by atoms with Crippen LogP contribution in [-0.4, -0.2) is 71.8 Å². The summed E-state index contributed by atoms with van der Waals surface area (Å²) in [4.78, 5) is 16.2. The second-order valence-corrected chi connectivity index (χ2v) is 5.37. The molecule has 0 saturated carbocycles. The van der Waals surface area contributed by atoms with Crippen molar-refractivity contribution >= 4 is 5.97 Å². The number of β-amino-alcohol motifs (C(OH)–C–C–N with tert-alkyl or cyclic N) is 1. The first-order chi connectivity index (χ1) is 8.61. The van der Waals surface area contributed by atoms with E-state index in [1.165, 1.54) is 0 Å². The van der Waals surface area contributed by atoms with Crippen LogP contribution in [0.5, 0.6) is 0 Å². The van der Waals surface area contributed by atoms with Gasteiger partial charge in [0.2, 0.25) is 0 Å². The number of esters is 1. The van der Waals surface area contributed by atoms with E-state index in [9.17, 15) is 9.90 Å². The Morgan fingerprint density at radius 1 is 1.50 bits per heavy atom. The summed E-state index contributed by atoms with van der Waals surface area (Å²) in [7, 11) is 0. The van der Waals surface area contributed by atoms with Gasteiger partial charge >= 0.3 is 5.97 Å². The summed E-state index contributed by atoms with van der Waals surface area (Å²) in [5, 5.41) is 9.51. The van der Waals surface area contributed by atoms with Gasteiger partial charge < -0.3 is 9.84 Å². The minimum Gasteiger partial charge on any atom is -0.464 e. The van der Waals surface area contributed by atoms with Gasteiger partial charge in [-0.05, 0) is 13.3 Å². The zero-order chi connectivity index (χ0) is 13.1. The zero-order valence-corrected chi connectivity index (χ0v) is 11.3. The highest BCUT2D eigenvalue weighted by Gasteiger charge is 2.36. The van der Waals surface area contributed by atoms with Crippen LogP contribution >= 0.6 is 0 Å². The number of aliphatic hydroxyl groups is 1. The number of carbonyl (C=O) groups excluding carboxylic acids is 1. The molecular weight excluding hydrogens is 232 g/mol. The van der Waals surface area contributed by atoms with Crippen molar-refractivity contribution in [3.8, 4) is 0 Å². The van der Waals surface area contributed by atoms with Gasteiger partial charge in [-0.2, -0.15) is 0 Å². The summed E-state index contributed by atoms with van der Waals surface area (Å²) in [6.45, 7) is 8.00. The Bertz CT molecular complexity index is 296. The van der Waals surface area contributed by atoms with E-state index in [2.05, 4.69) is 16.7 Å². The maximum atomic E-state index is 11.6. The van der Waals surface area contributed by atoms with Gasteiger partial charge in [-0.25, -0.2) is 0 Å². The lowest BCUT2D eigenvalue weighted by Crippen LogP contribution is -2.57. The van der Waals surface area contributed by atoms with E-state index in [1.54, 1.807) is 0 Å². The monoisotopic (exact) mass is 256 g/mol. The average molecular weight is 256 g/mol. The van der Waals surface area contributed by atoms with Crippen LogP contribution in [0.4, 0.5) is 0 Å². The number of hydrogen-bond acceptors (Lipinski definition) is 5. The Morgan fingerprint density at radius 3 is 2.83 bits per heavy atom. The van der Waals surface area contributed by atoms with Crippen LogP contribution in [-0.2, 0) is 9.53 Å². The standard InChI is InChI=1S/C13H24N2O3/c1-3-11-9-15(12-4-7-18-13(12)17)6-5-14(11)8-10(2)16/h10-12,16H,3-9H2,1-2H3. The highest BCUT2D eigenvalue weighted by molar-refractivity contribution is 5.77. The molecule has 0 aliphatic carbocycles. The fourth-order valence-corrected chi connectivity index (χ4v) is 2.98. The molecule has 0 aromatic carbocycles. The maximum absolute atomic E-state index is 11.6. The largest absolute Gasteiger partial charge is 0.464 e. The molecule has 0 radical (unpaired) electrons. The summed E-state index contributed by atoms with van der Waals surface area (Å²) in [6, 6.07) is 0.398. The summed E-state index contributed by atoms with van der Waals surface area (Å²) in [6.07, 6.45) is 1.58. The molecule has 0 bridgehead atoms. The average Bonchev–Trinajstić information content (AvgIpc) is 2.75. The van der Waals surface area contributed by atoms with Crippen molar-refractivity contribution in [2.45, 2.75) is 44.9 Å². The fraction of sp³-hybridized carbons (Fsp3) is 0.923. The third-order valence-corrected chi connectivity index (χ3v) is 3.95. The van der Waals surface area contributed by atoms with Crippen molar-refractivity contribution in [1.82, 2.24) is 9.80 Å². The first-order valence-electron chi connectivity index (χ1n) is 6.94. The molecule has 2 aliphatic rings. The van der Waals surface area contributed by atoms with E-state index in [1.807, 2.05) is 6.92 Å². The molecule has 3 unspecified atom stereocenters. The lowest BCUT2D eigenvalue weighted by molar-refractivity contribution is -0.143. The van der Waals surface area contributed by atoms with Gasteiger partial charge in [0.15, 0.2) is 0 Å². The molecule has 2 saturated heterocycles. The Morgan fingerprint density at radius 2 is 2.28 bits per heavy atom. The van der Waals surface area contributed by atoms with Gasteiger partial charge in [0.05, 0.1) is 12.7 Å². The Hall–Kier alpha value is -0.650. The predicted octanol–water partition coefficient (Wildman–Crippen LogP) is 0.0789. The van der Waals surface area contributed by atoms with Crippen LogP contribution in [0, 0.1) is 0 Å². The number of cyclic esters (lactones) is 1. The number of hydrogen-bond donors (Lipinski definition) is 1. The molecule has 0 spiro atoms. The topological polar surface area (TPSA) is 53.0 Å². The van der Waals surface area contributed by atoms with Gasteiger partial charge in [-0.3, -0.25) is 14.6 Å². The van der Waals surface area contributed by atoms with E-state index in [0.29, 0.717) is 12.6 Å². The summed E-state index contributed by atoms with van der Waals surface area (Å²) >= 11 is 0. The number of ether oxygens (including phenoxy) is 1. The third-order valence-electron chi connectivity index (χ3n) is 3.95. The quantitative estimate of drug-likeness (QED) is 0.722. The van der Waals surface area contributed by atoms with Crippen molar-refractivity contribution in [3.63, 3.8) is 0 Å². The predicted molar refractivity (Wildman–Crippen MR) is 68.3 cm³/mol.